The van der Waals surface area contributed by atoms with Crippen LogP contribution in [0.2, 0.25) is 0 Å². The molecule has 0 spiro atoms. The van der Waals surface area contributed by atoms with Gasteiger partial charge in [-0.1, -0.05) is 0 Å². The number of rotatable bonds is 1. The molecule has 0 fully saturated rings. The van der Waals surface area contributed by atoms with Gasteiger partial charge >= 0.3 is 0 Å². The summed E-state index contributed by atoms with van der Waals surface area (Å²) in [6.07, 6.45) is 0. The normalized spacial score (nSPS) is 10.5. The van der Waals surface area contributed by atoms with Crippen LogP contribution in [0.25, 0.3) is 9.88 Å². The van der Waals surface area contributed by atoms with E-state index in [0.717, 1.165) is 18.2 Å². The fraction of sp³-hybridized carbons (Fsp3) is 0. The van der Waals surface area contributed by atoms with Gasteiger partial charge in [-0.05, 0) is 38.9 Å². The van der Waals surface area contributed by atoms with E-state index in [4.69, 9.17) is 0 Å². The molecule has 2 rings (SSSR count). The zero-order valence-corrected chi connectivity index (χ0v) is 11.0. The minimum absolute atomic E-state index is 0.813. The van der Waals surface area contributed by atoms with Crippen molar-refractivity contribution in [1.29, 1.82) is 0 Å². The number of halogens is 2. The van der Waals surface area contributed by atoms with Gasteiger partial charge in [0.2, 0.25) is 3.83 Å². The number of hydrogen-bond donors (Lipinski definition) is 0. The summed E-state index contributed by atoms with van der Waals surface area (Å²) in [6.45, 7) is 0. The third-order valence-corrected chi connectivity index (χ3v) is 4.73. The van der Waals surface area contributed by atoms with Crippen LogP contribution in [0.1, 0.15) is 0 Å². The van der Waals surface area contributed by atoms with Crippen LogP contribution in [0.15, 0.2) is 15.9 Å². The molecular weight excluding hydrogens is 371 g/mol. The van der Waals surface area contributed by atoms with E-state index in [1.54, 1.807) is 11.3 Å². The maximum atomic E-state index is 4.29. The van der Waals surface area contributed by atoms with Crippen molar-refractivity contribution in [3.63, 3.8) is 0 Å². The highest BCUT2D eigenvalue weighted by Crippen LogP contribution is 2.34. The molecule has 62 valence electrons. The van der Waals surface area contributed by atoms with Crippen LogP contribution in [0.5, 0.6) is 0 Å². The van der Waals surface area contributed by atoms with Gasteiger partial charge in [-0.15, -0.1) is 11.3 Å². The lowest BCUT2D eigenvalue weighted by atomic mass is 10.5. The smallest absolute Gasteiger partial charge is 0.203 e. The zero-order valence-electron chi connectivity index (χ0n) is 5.62. The van der Waals surface area contributed by atoms with Crippen LogP contribution in [0.3, 0.4) is 0 Å². The lowest BCUT2D eigenvalue weighted by molar-refractivity contribution is 1.26. The van der Waals surface area contributed by atoms with Crippen LogP contribution >= 0.6 is 61.4 Å². The van der Waals surface area contributed by atoms with Crippen LogP contribution in [0, 0.1) is 3.83 Å². The summed E-state index contributed by atoms with van der Waals surface area (Å²) in [7, 11) is 0. The topological polar surface area (TPSA) is 25.8 Å². The molecule has 0 saturated heterocycles. The second-order valence-electron chi connectivity index (χ2n) is 1.97. The molecule has 0 saturated carbocycles. The molecule has 2 heterocycles. The maximum Gasteiger partial charge on any atom is 0.203 e. The molecule has 0 bridgehead atoms. The molecule has 0 amide bonds. The largest absolute Gasteiger partial charge is 0.209 e. The summed E-state index contributed by atoms with van der Waals surface area (Å²) in [5.74, 6) is 0. The Kier molecular flexibility index (Phi) is 2.78. The van der Waals surface area contributed by atoms with Crippen molar-refractivity contribution in [1.82, 2.24) is 9.36 Å². The van der Waals surface area contributed by atoms with E-state index in [2.05, 4.69) is 47.9 Å². The first kappa shape index (κ1) is 9.04. The van der Waals surface area contributed by atoms with Gasteiger partial charge in [0, 0.05) is 27.1 Å². The van der Waals surface area contributed by atoms with Crippen molar-refractivity contribution in [3.8, 4) is 9.88 Å². The maximum absolute atomic E-state index is 4.29. The quantitative estimate of drug-likeness (QED) is 0.714. The molecule has 0 aliphatic carbocycles. The van der Waals surface area contributed by atoms with Gasteiger partial charge in [-0.3, -0.25) is 0 Å². The summed E-state index contributed by atoms with van der Waals surface area (Å²) in [4.78, 5) is 5.45. The van der Waals surface area contributed by atoms with Crippen molar-refractivity contribution in [3.05, 3.63) is 19.8 Å². The molecule has 2 nitrogen and oxygen atoms in total. The van der Waals surface area contributed by atoms with Gasteiger partial charge in [-0.2, -0.15) is 4.37 Å². The molecule has 2 aromatic heterocycles. The first-order chi connectivity index (χ1) is 5.77. The van der Waals surface area contributed by atoms with Gasteiger partial charge in [0.25, 0.3) is 0 Å². The van der Waals surface area contributed by atoms with Crippen LogP contribution in [-0.4, -0.2) is 9.36 Å². The molecule has 12 heavy (non-hydrogen) atoms. The summed E-state index contributed by atoms with van der Waals surface area (Å²) in [5.41, 5.74) is 0. The van der Waals surface area contributed by atoms with E-state index < -0.39 is 0 Å². The summed E-state index contributed by atoms with van der Waals surface area (Å²) in [6, 6.07) is 2.02. The van der Waals surface area contributed by atoms with Crippen LogP contribution in [0.4, 0.5) is 0 Å². The Morgan fingerprint density at radius 1 is 1.50 bits per heavy atom. The molecule has 0 N–H and O–H groups in total. The number of thiophene rings is 1. The van der Waals surface area contributed by atoms with Crippen molar-refractivity contribution < 1.29 is 0 Å². The second kappa shape index (κ2) is 3.69. The average molecular weight is 373 g/mol. The highest BCUT2D eigenvalue weighted by atomic mass is 127. The van der Waals surface area contributed by atoms with Crippen molar-refractivity contribution in [2.75, 3.05) is 0 Å². The Morgan fingerprint density at radius 2 is 2.33 bits per heavy atom. The third-order valence-electron chi connectivity index (χ3n) is 1.21. The van der Waals surface area contributed by atoms with Gasteiger partial charge in [0.1, 0.15) is 0 Å². The predicted octanol–water partition coefficient (Wildman–Crippen LogP) is 3.63. The first-order valence-electron chi connectivity index (χ1n) is 3.00. The Labute approximate surface area is 99.5 Å². The van der Waals surface area contributed by atoms with E-state index in [1.165, 1.54) is 11.5 Å². The Morgan fingerprint density at radius 3 is 2.83 bits per heavy atom. The molecule has 0 aromatic carbocycles. The van der Waals surface area contributed by atoms with E-state index in [9.17, 15) is 0 Å². The van der Waals surface area contributed by atoms with E-state index >= 15 is 0 Å². The summed E-state index contributed by atoms with van der Waals surface area (Å²) in [5, 5.41) is 3.02. The van der Waals surface area contributed by atoms with Crippen LogP contribution in [-0.2, 0) is 0 Å². The Hall–Kier alpha value is 0.470. The fourth-order valence-electron chi connectivity index (χ4n) is 0.744. The number of hydrogen-bond acceptors (Lipinski definition) is 4. The zero-order chi connectivity index (χ0) is 8.55. The lowest BCUT2D eigenvalue weighted by Gasteiger charge is -1.87. The number of aromatic nitrogens is 2. The Balaban J connectivity index is 2.50. The van der Waals surface area contributed by atoms with Crippen molar-refractivity contribution in [2.24, 2.45) is 0 Å². The monoisotopic (exact) mass is 372 g/mol. The van der Waals surface area contributed by atoms with Crippen molar-refractivity contribution >= 4 is 61.4 Å². The average Bonchev–Trinajstić information content (AvgIpc) is 2.58. The van der Waals surface area contributed by atoms with E-state index in [1.807, 2.05) is 11.4 Å². The SMILES string of the molecule is Brc1ccsc1-c1nc(I)ns1. The summed E-state index contributed by atoms with van der Waals surface area (Å²) < 4.78 is 6.03. The molecule has 0 aliphatic heterocycles. The summed E-state index contributed by atoms with van der Waals surface area (Å²) >= 11 is 8.68. The molecule has 0 unspecified atom stereocenters. The molecular formula is C6H2BrIN2S2. The fourth-order valence-corrected chi connectivity index (χ4v) is 3.80. The van der Waals surface area contributed by atoms with E-state index in [-0.39, 0.29) is 0 Å². The lowest BCUT2D eigenvalue weighted by Crippen LogP contribution is -1.72. The third kappa shape index (κ3) is 1.70. The molecule has 6 heteroatoms. The van der Waals surface area contributed by atoms with Crippen LogP contribution < -0.4 is 0 Å². The minimum atomic E-state index is 0.813. The Bertz CT molecular complexity index is 398. The minimum Gasteiger partial charge on any atom is -0.209 e. The molecule has 0 aliphatic rings. The van der Waals surface area contributed by atoms with E-state index in [0.29, 0.717) is 0 Å². The van der Waals surface area contributed by atoms with Crippen molar-refractivity contribution in [2.45, 2.75) is 0 Å². The molecule has 0 atom stereocenters. The standard InChI is InChI=1S/C6H2BrIN2S2/c7-3-1-2-11-4(3)5-9-6(8)10-12-5/h1-2H. The van der Waals surface area contributed by atoms with Gasteiger partial charge in [0.15, 0.2) is 5.01 Å². The second-order valence-corrected chi connectivity index (χ2v) is 5.45. The first-order valence-corrected chi connectivity index (χ1v) is 6.52. The highest BCUT2D eigenvalue weighted by molar-refractivity contribution is 14.1. The molecule has 0 radical (unpaired) electrons. The highest BCUT2D eigenvalue weighted by Gasteiger charge is 2.08. The molecule has 2 aromatic rings. The van der Waals surface area contributed by atoms with Gasteiger partial charge in [-0.25, -0.2) is 4.98 Å². The van der Waals surface area contributed by atoms with Gasteiger partial charge in [0.05, 0.1) is 4.88 Å². The predicted molar refractivity (Wildman–Crippen MR) is 63.6 cm³/mol. The number of nitrogens with zero attached hydrogens (tertiary/aromatic N) is 2. The van der Waals surface area contributed by atoms with Gasteiger partial charge < -0.3 is 0 Å².